The summed E-state index contributed by atoms with van der Waals surface area (Å²) in [5.41, 5.74) is -1.54. The lowest BCUT2D eigenvalue weighted by molar-refractivity contribution is -0.216. The van der Waals surface area contributed by atoms with Crippen molar-refractivity contribution in [3.63, 3.8) is 0 Å². The number of unbranched alkanes of at least 4 members (excludes halogenated alkanes) is 5. The number of carboxylic acid groups (broad SMARTS) is 1. The third-order valence-electron chi connectivity index (χ3n) is 6.33. The molecule has 0 bridgehead atoms. The second-order valence-corrected chi connectivity index (χ2v) is 8.51. The predicted molar refractivity (Wildman–Crippen MR) is 111 cm³/mol. The minimum absolute atomic E-state index is 0.0131. The standard InChI is InChI=1S/C23H36F2O5/c1-3-4-5-6-7-8-13-22(25)14-12-19(26)18(22)11-9-10-17(2)20(24)23(21(27)28)29-15-16-30-23/h9-10,18-20,26H,2-8,11-16H2,1H3,(H,27,28)/t18-,19-,20?,22-/m0/s1. The highest BCUT2D eigenvalue weighted by Crippen LogP contribution is 2.45. The number of aliphatic carboxylic acids is 1. The van der Waals surface area contributed by atoms with Gasteiger partial charge in [-0.25, -0.2) is 13.6 Å². The molecule has 2 fully saturated rings. The van der Waals surface area contributed by atoms with Crippen molar-refractivity contribution in [2.45, 2.75) is 94.9 Å². The van der Waals surface area contributed by atoms with Crippen LogP contribution in [0.4, 0.5) is 8.78 Å². The van der Waals surface area contributed by atoms with Crippen molar-refractivity contribution < 1.29 is 33.3 Å². The Hall–Kier alpha value is -1.31. The fourth-order valence-electron chi connectivity index (χ4n) is 4.50. The molecule has 0 aromatic heterocycles. The first-order valence-electron chi connectivity index (χ1n) is 11.1. The number of aliphatic hydroxyl groups is 1. The molecule has 2 aliphatic rings. The van der Waals surface area contributed by atoms with Gasteiger partial charge in [-0.2, -0.15) is 0 Å². The van der Waals surface area contributed by atoms with E-state index < -0.39 is 35.6 Å². The molecule has 30 heavy (non-hydrogen) atoms. The number of hydrogen-bond donors (Lipinski definition) is 2. The Bertz CT molecular complexity index is 602. The summed E-state index contributed by atoms with van der Waals surface area (Å²) < 4.78 is 40.2. The Balaban J connectivity index is 1.89. The number of alkyl halides is 2. The van der Waals surface area contributed by atoms with Crippen molar-refractivity contribution in [1.82, 2.24) is 0 Å². The Morgan fingerprint density at radius 2 is 1.87 bits per heavy atom. The van der Waals surface area contributed by atoms with Crippen LogP contribution in [0.2, 0.25) is 0 Å². The van der Waals surface area contributed by atoms with E-state index in [0.29, 0.717) is 19.3 Å². The van der Waals surface area contributed by atoms with Gasteiger partial charge in [0.05, 0.1) is 19.3 Å². The lowest BCUT2D eigenvalue weighted by Gasteiger charge is -2.28. The molecule has 0 aromatic carbocycles. The Labute approximate surface area is 178 Å². The van der Waals surface area contributed by atoms with Gasteiger partial charge in [0, 0.05) is 5.92 Å². The van der Waals surface area contributed by atoms with Crippen LogP contribution < -0.4 is 0 Å². The van der Waals surface area contributed by atoms with Crippen LogP contribution >= 0.6 is 0 Å². The first-order valence-corrected chi connectivity index (χ1v) is 11.1. The van der Waals surface area contributed by atoms with E-state index in [-0.39, 0.29) is 25.2 Å². The van der Waals surface area contributed by atoms with Crippen molar-refractivity contribution in [3.8, 4) is 0 Å². The smallest absolute Gasteiger partial charge is 0.368 e. The number of carbonyl (C=O) groups is 1. The summed E-state index contributed by atoms with van der Waals surface area (Å²) in [6, 6.07) is 0. The van der Waals surface area contributed by atoms with Gasteiger partial charge in [-0.1, -0.05) is 64.2 Å². The van der Waals surface area contributed by atoms with Gasteiger partial charge >= 0.3 is 11.8 Å². The highest BCUT2D eigenvalue weighted by Gasteiger charge is 2.53. The molecular formula is C23H36F2O5. The Morgan fingerprint density at radius 1 is 1.23 bits per heavy atom. The first kappa shape index (κ1) is 25.0. The van der Waals surface area contributed by atoms with Crippen molar-refractivity contribution in [2.75, 3.05) is 13.2 Å². The maximum absolute atomic E-state index is 15.5. The topological polar surface area (TPSA) is 76.0 Å². The van der Waals surface area contributed by atoms with Crippen LogP contribution in [0.15, 0.2) is 24.3 Å². The van der Waals surface area contributed by atoms with Crippen molar-refractivity contribution in [3.05, 3.63) is 24.3 Å². The molecule has 0 spiro atoms. The normalized spacial score (nSPS) is 29.5. The zero-order valence-corrected chi connectivity index (χ0v) is 18.0. The third-order valence-corrected chi connectivity index (χ3v) is 6.33. The molecule has 1 aliphatic carbocycles. The summed E-state index contributed by atoms with van der Waals surface area (Å²) in [4.78, 5) is 11.4. The number of aliphatic hydroxyl groups excluding tert-OH is 1. The summed E-state index contributed by atoms with van der Waals surface area (Å²) in [6.07, 6.45) is 7.92. The number of rotatable bonds is 13. The summed E-state index contributed by atoms with van der Waals surface area (Å²) in [5.74, 6) is -4.48. The molecule has 2 N–H and O–H groups in total. The Morgan fingerprint density at radius 3 is 2.50 bits per heavy atom. The lowest BCUT2D eigenvalue weighted by atomic mass is 9.84. The molecule has 0 amide bonds. The van der Waals surface area contributed by atoms with Gasteiger partial charge in [0.2, 0.25) is 0 Å². The van der Waals surface area contributed by atoms with Crippen LogP contribution in [0, 0.1) is 5.92 Å². The lowest BCUT2D eigenvalue weighted by Crippen LogP contribution is -2.49. The molecule has 5 nitrogen and oxygen atoms in total. The van der Waals surface area contributed by atoms with Gasteiger partial charge in [0.1, 0.15) is 5.67 Å². The molecule has 172 valence electrons. The second-order valence-electron chi connectivity index (χ2n) is 8.51. The maximum Gasteiger partial charge on any atom is 0.368 e. The van der Waals surface area contributed by atoms with Crippen LogP contribution in [-0.4, -0.2) is 53.1 Å². The van der Waals surface area contributed by atoms with Crippen LogP contribution in [0.1, 0.15) is 71.1 Å². The average molecular weight is 431 g/mol. The number of allylic oxidation sites excluding steroid dienone is 2. The fourth-order valence-corrected chi connectivity index (χ4v) is 4.50. The van der Waals surface area contributed by atoms with Gasteiger partial charge in [-0.05, 0) is 31.3 Å². The van der Waals surface area contributed by atoms with Crippen LogP contribution in [0.3, 0.4) is 0 Å². The summed E-state index contributed by atoms with van der Waals surface area (Å²) in [7, 11) is 0. The second kappa shape index (κ2) is 11.3. The molecule has 1 unspecified atom stereocenters. The summed E-state index contributed by atoms with van der Waals surface area (Å²) in [5, 5.41) is 19.6. The van der Waals surface area contributed by atoms with E-state index in [1.807, 2.05) is 0 Å². The molecule has 1 saturated carbocycles. The third kappa shape index (κ3) is 5.89. The van der Waals surface area contributed by atoms with E-state index >= 15 is 4.39 Å². The van der Waals surface area contributed by atoms with Crippen LogP contribution in [0.5, 0.6) is 0 Å². The number of halogens is 2. The van der Waals surface area contributed by atoms with Gasteiger partial charge in [-0.15, -0.1) is 0 Å². The van der Waals surface area contributed by atoms with Gasteiger partial charge < -0.3 is 19.7 Å². The summed E-state index contributed by atoms with van der Waals surface area (Å²) >= 11 is 0. The quantitative estimate of drug-likeness (QED) is 0.322. The maximum atomic E-state index is 15.5. The van der Waals surface area contributed by atoms with E-state index in [1.54, 1.807) is 6.08 Å². The molecule has 0 aromatic rings. The molecule has 7 heteroatoms. The van der Waals surface area contributed by atoms with E-state index in [2.05, 4.69) is 13.5 Å². The summed E-state index contributed by atoms with van der Waals surface area (Å²) in [6.45, 7) is 5.72. The molecule has 1 aliphatic heterocycles. The fraction of sp³-hybridized carbons (Fsp3) is 0.783. The minimum atomic E-state index is -2.38. The van der Waals surface area contributed by atoms with E-state index in [4.69, 9.17) is 9.47 Å². The van der Waals surface area contributed by atoms with Gasteiger partial charge in [-0.3, -0.25) is 0 Å². The number of ether oxygens (including phenoxy) is 2. The van der Waals surface area contributed by atoms with E-state index in [0.717, 1.165) is 19.3 Å². The van der Waals surface area contributed by atoms with Gasteiger partial charge in [0.25, 0.3) is 0 Å². The minimum Gasteiger partial charge on any atom is -0.477 e. The number of carboxylic acids is 1. The molecule has 4 atom stereocenters. The van der Waals surface area contributed by atoms with E-state index in [9.17, 15) is 19.4 Å². The highest BCUT2D eigenvalue weighted by molar-refractivity contribution is 5.77. The van der Waals surface area contributed by atoms with Crippen molar-refractivity contribution in [1.29, 1.82) is 0 Å². The SMILES string of the molecule is C=C(C=CC[C@H]1[C@@H](O)CC[C@@]1(F)CCCCCCCC)C(F)C1(C(=O)O)OCCO1. The van der Waals surface area contributed by atoms with Crippen LogP contribution in [0.25, 0.3) is 0 Å². The molecule has 0 radical (unpaired) electrons. The van der Waals surface area contributed by atoms with Crippen LogP contribution in [-0.2, 0) is 14.3 Å². The zero-order chi connectivity index (χ0) is 22.2. The molecule has 1 heterocycles. The number of hydrogen-bond acceptors (Lipinski definition) is 4. The molecular weight excluding hydrogens is 394 g/mol. The van der Waals surface area contributed by atoms with Crippen molar-refractivity contribution in [2.24, 2.45) is 5.92 Å². The predicted octanol–water partition coefficient (Wildman–Crippen LogP) is 4.88. The van der Waals surface area contributed by atoms with Crippen molar-refractivity contribution >= 4 is 5.97 Å². The first-order chi connectivity index (χ1) is 14.3. The monoisotopic (exact) mass is 430 g/mol. The molecule has 1 saturated heterocycles. The largest absolute Gasteiger partial charge is 0.477 e. The Kier molecular flexibility index (Phi) is 9.44. The average Bonchev–Trinajstić information content (AvgIpc) is 3.32. The van der Waals surface area contributed by atoms with E-state index in [1.165, 1.54) is 25.3 Å². The molecule has 2 rings (SSSR count). The van der Waals surface area contributed by atoms with Gasteiger partial charge in [0.15, 0.2) is 6.17 Å². The zero-order valence-electron chi connectivity index (χ0n) is 18.0. The highest BCUT2D eigenvalue weighted by atomic mass is 19.1.